The molecule has 3 N–H and O–H groups in total. The molecule has 4 aromatic rings. The first-order valence-electron chi connectivity index (χ1n) is 11.6. The largest absolute Gasteiger partial charge is 0.391 e. The summed E-state index contributed by atoms with van der Waals surface area (Å²) in [6.45, 7) is 2.16. The average molecular weight is 499 g/mol. The number of aromatic nitrogens is 5. The highest BCUT2D eigenvalue weighted by molar-refractivity contribution is 7.15. The SMILES string of the molecule is C[C@H]1C2CCC(CC2)[C@@H]1Nc1nc(-c2c[nH]c3ncc(Cl)nc23)nc(-c2ccc(CO)s2)c1F. The Labute approximate surface area is 204 Å². The van der Waals surface area contributed by atoms with Crippen molar-refractivity contribution in [1.82, 2.24) is 24.9 Å². The number of aliphatic hydroxyl groups excluding tert-OH is 1. The van der Waals surface area contributed by atoms with Crippen molar-refractivity contribution >= 4 is 39.9 Å². The molecule has 4 aromatic heterocycles. The number of aromatic amines is 1. The van der Waals surface area contributed by atoms with Crippen LogP contribution in [-0.2, 0) is 6.61 Å². The number of thiophene rings is 1. The predicted octanol–water partition coefficient (Wildman–Crippen LogP) is 5.66. The highest BCUT2D eigenvalue weighted by Gasteiger charge is 2.41. The van der Waals surface area contributed by atoms with Crippen LogP contribution >= 0.6 is 22.9 Å². The summed E-state index contributed by atoms with van der Waals surface area (Å²) in [4.78, 5) is 22.4. The van der Waals surface area contributed by atoms with Crippen LogP contribution in [0.15, 0.2) is 24.5 Å². The zero-order chi connectivity index (χ0) is 23.4. The molecule has 0 unspecified atom stereocenters. The number of halogens is 2. The van der Waals surface area contributed by atoms with Crippen LogP contribution in [0.3, 0.4) is 0 Å². The van der Waals surface area contributed by atoms with E-state index in [2.05, 4.69) is 37.2 Å². The topological polar surface area (TPSA) is 99.6 Å². The van der Waals surface area contributed by atoms with Gasteiger partial charge in [-0.05, 0) is 55.6 Å². The maximum absolute atomic E-state index is 15.9. The minimum Gasteiger partial charge on any atom is -0.391 e. The lowest BCUT2D eigenvalue weighted by Gasteiger charge is -2.47. The van der Waals surface area contributed by atoms with Gasteiger partial charge in [-0.15, -0.1) is 11.3 Å². The van der Waals surface area contributed by atoms with E-state index in [1.165, 1.54) is 43.2 Å². The Morgan fingerprint density at radius 2 is 1.97 bits per heavy atom. The third-order valence-corrected chi connectivity index (χ3v) is 8.69. The van der Waals surface area contributed by atoms with Gasteiger partial charge in [0.15, 0.2) is 23.1 Å². The van der Waals surface area contributed by atoms with Crippen LogP contribution in [0.2, 0.25) is 5.15 Å². The molecule has 3 aliphatic rings. The molecule has 0 radical (unpaired) electrons. The lowest BCUT2D eigenvalue weighted by atomic mass is 9.62. The van der Waals surface area contributed by atoms with E-state index in [1.807, 2.05) is 0 Å². The highest BCUT2D eigenvalue weighted by atomic mass is 35.5. The first kappa shape index (κ1) is 21.9. The number of rotatable bonds is 5. The second-order valence-corrected chi connectivity index (χ2v) is 10.8. The van der Waals surface area contributed by atoms with E-state index in [1.54, 1.807) is 18.3 Å². The van der Waals surface area contributed by atoms with Crippen LogP contribution in [-0.4, -0.2) is 36.1 Å². The smallest absolute Gasteiger partial charge is 0.192 e. The van der Waals surface area contributed by atoms with E-state index in [4.69, 9.17) is 11.6 Å². The van der Waals surface area contributed by atoms with Crippen molar-refractivity contribution in [2.45, 2.75) is 45.3 Å². The van der Waals surface area contributed by atoms with Gasteiger partial charge in [0.1, 0.15) is 16.4 Å². The number of H-pyrrole nitrogens is 1. The number of hydrogen-bond acceptors (Lipinski definition) is 7. The van der Waals surface area contributed by atoms with E-state index in [0.717, 1.165) is 4.88 Å². The van der Waals surface area contributed by atoms with Crippen LogP contribution < -0.4 is 5.32 Å². The molecule has 0 amide bonds. The molecule has 176 valence electrons. The van der Waals surface area contributed by atoms with E-state index < -0.39 is 5.82 Å². The maximum Gasteiger partial charge on any atom is 0.192 e. The maximum atomic E-state index is 15.9. The molecule has 3 saturated carbocycles. The second kappa shape index (κ2) is 8.55. The second-order valence-electron chi connectivity index (χ2n) is 9.28. The third-order valence-electron chi connectivity index (χ3n) is 7.43. The molecule has 2 bridgehead atoms. The first-order valence-corrected chi connectivity index (χ1v) is 12.7. The molecule has 0 aliphatic heterocycles. The molecule has 3 aliphatic carbocycles. The van der Waals surface area contributed by atoms with Gasteiger partial charge in [-0.2, -0.15) is 0 Å². The monoisotopic (exact) mass is 498 g/mol. The number of aliphatic hydroxyl groups is 1. The fourth-order valence-corrected chi connectivity index (χ4v) is 6.60. The van der Waals surface area contributed by atoms with Crippen molar-refractivity contribution in [3.63, 3.8) is 0 Å². The Bertz CT molecular complexity index is 1360. The quantitative estimate of drug-likeness (QED) is 0.328. The van der Waals surface area contributed by atoms with Gasteiger partial charge in [-0.1, -0.05) is 18.5 Å². The zero-order valence-electron chi connectivity index (χ0n) is 18.6. The molecule has 7 nitrogen and oxygen atoms in total. The molecule has 7 rings (SSSR count). The molecule has 0 spiro atoms. The van der Waals surface area contributed by atoms with Crippen molar-refractivity contribution in [1.29, 1.82) is 0 Å². The number of fused-ring (bicyclic) bond motifs is 4. The lowest BCUT2D eigenvalue weighted by molar-refractivity contribution is 0.0926. The fourth-order valence-electron chi connectivity index (χ4n) is 5.62. The van der Waals surface area contributed by atoms with E-state index in [0.29, 0.717) is 45.2 Å². The van der Waals surface area contributed by atoms with Gasteiger partial charge in [0, 0.05) is 17.1 Å². The molecule has 4 heterocycles. The molecular formula is C24H24ClFN6OS. The average Bonchev–Trinajstić information content (AvgIpc) is 3.50. The Hall–Kier alpha value is -2.62. The van der Waals surface area contributed by atoms with Crippen molar-refractivity contribution in [3.05, 3.63) is 40.4 Å². The summed E-state index contributed by atoms with van der Waals surface area (Å²) in [5, 5.41) is 13.3. The minimum atomic E-state index is -0.479. The van der Waals surface area contributed by atoms with Crippen LogP contribution in [0.5, 0.6) is 0 Å². The van der Waals surface area contributed by atoms with Crippen LogP contribution in [0, 0.1) is 23.6 Å². The predicted molar refractivity (Wildman–Crippen MR) is 131 cm³/mol. The highest BCUT2D eigenvalue weighted by Crippen LogP contribution is 2.46. The molecule has 0 aromatic carbocycles. The molecular weight excluding hydrogens is 475 g/mol. The van der Waals surface area contributed by atoms with E-state index in [-0.39, 0.29) is 29.3 Å². The van der Waals surface area contributed by atoms with Crippen LogP contribution in [0.25, 0.3) is 33.1 Å². The molecule has 3 fully saturated rings. The summed E-state index contributed by atoms with van der Waals surface area (Å²) in [5.41, 5.74) is 1.89. The van der Waals surface area contributed by atoms with Gasteiger partial charge in [0.2, 0.25) is 0 Å². The normalized spacial score (nSPS) is 24.1. The summed E-state index contributed by atoms with van der Waals surface area (Å²) < 4.78 is 15.9. The zero-order valence-corrected chi connectivity index (χ0v) is 20.1. The van der Waals surface area contributed by atoms with Crippen molar-refractivity contribution in [2.75, 3.05) is 5.32 Å². The Morgan fingerprint density at radius 3 is 2.71 bits per heavy atom. The van der Waals surface area contributed by atoms with E-state index in [9.17, 15) is 5.11 Å². The fraction of sp³-hybridized carbons (Fsp3) is 0.417. The molecule has 0 saturated heterocycles. The van der Waals surface area contributed by atoms with Crippen molar-refractivity contribution in [3.8, 4) is 22.0 Å². The molecule has 10 heteroatoms. The number of nitrogens with zero attached hydrogens (tertiary/aromatic N) is 4. The van der Waals surface area contributed by atoms with Crippen molar-refractivity contribution in [2.24, 2.45) is 17.8 Å². The first-order chi connectivity index (χ1) is 16.5. The van der Waals surface area contributed by atoms with Gasteiger partial charge in [-0.25, -0.2) is 24.3 Å². The number of anilines is 1. The van der Waals surface area contributed by atoms with Crippen LogP contribution in [0.1, 0.15) is 37.5 Å². The minimum absolute atomic E-state index is 0.103. The van der Waals surface area contributed by atoms with Gasteiger partial charge < -0.3 is 15.4 Å². The van der Waals surface area contributed by atoms with Crippen LogP contribution in [0.4, 0.5) is 10.2 Å². The Balaban J connectivity index is 1.49. The Kier molecular flexibility index (Phi) is 5.50. The van der Waals surface area contributed by atoms with Gasteiger partial charge in [0.05, 0.1) is 23.2 Å². The Morgan fingerprint density at radius 1 is 1.18 bits per heavy atom. The number of hydrogen-bond donors (Lipinski definition) is 3. The van der Waals surface area contributed by atoms with Gasteiger partial charge in [0.25, 0.3) is 0 Å². The van der Waals surface area contributed by atoms with Gasteiger partial charge in [-0.3, -0.25) is 0 Å². The molecule has 2 atom stereocenters. The van der Waals surface area contributed by atoms with Gasteiger partial charge >= 0.3 is 0 Å². The summed E-state index contributed by atoms with van der Waals surface area (Å²) in [5.74, 6) is 1.70. The van der Waals surface area contributed by atoms with E-state index >= 15 is 4.39 Å². The summed E-state index contributed by atoms with van der Waals surface area (Å²) in [6, 6.07) is 3.74. The standard InChI is InChI=1S/C24H24ClFN6OS/c1-11-12-2-4-13(5-3-12)19(11)30-23-18(26)21(16-7-6-14(10-33)34-16)31-22(32-23)15-8-27-24-20(15)29-17(25)9-28-24/h6-9,11-13,19,33H,2-5,10H2,1H3,(H,27,28)(H,30,31,32)/t11-,12?,13?,19+/m0/s1. The third kappa shape index (κ3) is 3.66. The molecule has 34 heavy (non-hydrogen) atoms. The summed E-state index contributed by atoms with van der Waals surface area (Å²) >= 11 is 7.41. The van der Waals surface area contributed by atoms with Crippen molar-refractivity contribution < 1.29 is 9.50 Å². The number of nitrogens with one attached hydrogen (secondary N) is 2. The summed E-state index contributed by atoms with van der Waals surface area (Å²) in [7, 11) is 0. The summed E-state index contributed by atoms with van der Waals surface area (Å²) in [6.07, 6.45) is 8.03. The lowest BCUT2D eigenvalue weighted by Crippen LogP contribution is -2.47.